The molecule has 0 unspecified atom stereocenters. The Labute approximate surface area is 251 Å². The van der Waals surface area contributed by atoms with Crippen LogP contribution in [0.15, 0.2) is 108 Å². The first-order chi connectivity index (χ1) is 20.9. The van der Waals surface area contributed by atoms with Crippen LogP contribution < -0.4 is 16.0 Å². The second-order valence-corrected chi connectivity index (χ2v) is 10.9. The molecule has 8 nitrogen and oxygen atoms in total. The van der Waals surface area contributed by atoms with Gasteiger partial charge >= 0.3 is 0 Å². The molecule has 0 spiro atoms. The van der Waals surface area contributed by atoms with E-state index in [1.165, 1.54) is 5.70 Å². The maximum absolute atomic E-state index is 13.1. The van der Waals surface area contributed by atoms with Gasteiger partial charge in [0.2, 0.25) is 5.95 Å². The number of hydrogen-bond donors (Lipinski definition) is 2. The summed E-state index contributed by atoms with van der Waals surface area (Å²) in [7, 11) is 1.78. The highest BCUT2D eigenvalue weighted by Gasteiger charge is 2.19. The number of likely N-dealkylation sites (tertiary alicyclic amines) is 1. The number of carbonyl (C=O) groups is 1. The highest BCUT2D eigenvalue weighted by atomic mass is 16.3. The van der Waals surface area contributed by atoms with E-state index in [1.54, 1.807) is 11.9 Å². The molecule has 0 saturated carbocycles. The molecule has 1 fully saturated rings. The number of fused-ring (bicyclic) bond motifs is 1. The van der Waals surface area contributed by atoms with E-state index in [0.717, 1.165) is 61.2 Å². The third kappa shape index (κ3) is 5.90. The van der Waals surface area contributed by atoms with E-state index < -0.39 is 0 Å². The molecular formula is C35H36N6O2. The Kier molecular flexibility index (Phi) is 7.75. The van der Waals surface area contributed by atoms with Crippen LogP contribution in [0.3, 0.4) is 0 Å². The average Bonchev–Trinajstić information content (AvgIpc) is 3.76. The Hall–Kier alpha value is -5.24. The summed E-state index contributed by atoms with van der Waals surface area (Å²) >= 11 is 0. The summed E-state index contributed by atoms with van der Waals surface area (Å²) in [6, 6.07) is 26.6. The Morgan fingerprint density at radius 2 is 1.88 bits per heavy atom. The van der Waals surface area contributed by atoms with Crippen LogP contribution in [0.25, 0.3) is 28.1 Å². The van der Waals surface area contributed by atoms with Crippen molar-refractivity contribution in [2.45, 2.75) is 25.8 Å². The summed E-state index contributed by atoms with van der Waals surface area (Å²) in [6.45, 7) is 11.2. The third-order valence-corrected chi connectivity index (χ3v) is 7.93. The molecule has 43 heavy (non-hydrogen) atoms. The second kappa shape index (κ2) is 11.9. The van der Waals surface area contributed by atoms with Gasteiger partial charge in [-0.2, -0.15) is 0 Å². The van der Waals surface area contributed by atoms with E-state index in [-0.39, 0.29) is 5.91 Å². The lowest BCUT2D eigenvalue weighted by atomic mass is 10.1. The predicted octanol–water partition coefficient (Wildman–Crippen LogP) is 7.24. The number of nitrogens with one attached hydrogen (secondary N) is 1. The standard InChI is InChI=1S/C35H36N6O2/c1-24-10-8-19-40(24)20-9-21-41-31-16-15-29(39(3)34(42)26-11-5-4-6-12-26)23-30(31)38-35(41)37-25(2)32-17-18-33(43-32)27-13-7-14-28(36)22-27/h4-7,11-18,22-23H,1-2,8-10,19-21,36H2,3H3,(H,37,38). The first-order valence-corrected chi connectivity index (χ1v) is 14.6. The minimum Gasteiger partial charge on any atom is -0.455 e. The van der Waals surface area contributed by atoms with Gasteiger partial charge in [-0.25, -0.2) is 4.98 Å². The van der Waals surface area contributed by atoms with Gasteiger partial charge in [-0.1, -0.05) is 43.5 Å². The number of carbonyl (C=O) groups excluding carboxylic acids is 1. The van der Waals surface area contributed by atoms with Gasteiger partial charge in [0.1, 0.15) is 11.5 Å². The number of anilines is 3. The summed E-state index contributed by atoms with van der Waals surface area (Å²) < 4.78 is 8.31. The number of benzene rings is 3. The van der Waals surface area contributed by atoms with Crippen LogP contribution in [0.2, 0.25) is 0 Å². The Bertz CT molecular complexity index is 1800. The third-order valence-electron chi connectivity index (χ3n) is 7.93. The van der Waals surface area contributed by atoms with Crippen molar-refractivity contribution in [3.8, 4) is 11.3 Å². The van der Waals surface area contributed by atoms with Gasteiger partial charge in [-0.05, 0) is 73.9 Å². The molecule has 0 radical (unpaired) electrons. The van der Waals surface area contributed by atoms with Crippen LogP contribution in [-0.4, -0.2) is 40.5 Å². The van der Waals surface area contributed by atoms with Crippen molar-refractivity contribution in [2.24, 2.45) is 0 Å². The van der Waals surface area contributed by atoms with Crippen LogP contribution in [0.5, 0.6) is 0 Å². The SMILES string of the molecule is C=C(Nc1nc2cc(N(C)C(=O)c3ccccc3)ccc2n1CCCN1CCCC1=C)c1ccc(-c2cccc(N)c2)o1. The topological polar surface area (TPSA) is 92.6 Å². The van der Waals surface area contributed by atoms with Crippen LogP contribution >= 0.6 is 0 Å². The van der Waals surface area contributed by atoms with E-state index in [2.05, 4.69) is 27.9 Å². The quantitative estimate of drug-likeness (QED) is 0.171. The fourth-order valence-corrected chi connectivity index (χ4v) is 5.56. The van der Waals surface area contributed by atoms with Crippen LogP contribution in [-0.2, 0) is 6.54 Å². The molecule has 8 heteroatoms. The van der Waals surface area contributed by atoms with Gasteiger partial charge in [-0.15, -0.1) is 0 Å². The lowest BCUT2D eigenvalue weighted by molar-refractivity contribution is 0.0993. The molecule has 3 aromatic carbocycles. The zero-order chi connectivity index (χ0) is 29.9. The fraction of sp³-hybridized carbons (Fsp3) is 0.200. The van der Waals surface area contributed by atoms with E-state index in [0.29, 0.717) is 34.4 Å². The van der Waals surface area contributed by atoms with Crippen molar-refractivity contribution in [1.82, 2.24) is 14.5 Å². The average molecular weight is 573 g/mol. The molecule has 1 aliphatic heterocycles. The van der Waals surface area contributed by atoms with Crippen LogP contribution in [0.1, 0.15) is 35.4 Å². The number of aryl methyl sites for hydroxylation is 1. The number of aromatic nitrogens is 2. The summed E-state index contributed by atoms with van der Waals surface area (Å²) in [5.74, 6) is 1.90. The van der Waals surface area contributed by atoms with Gasteiger partial charge in [0.05, 0.1) is 16.7 Å². The number of imidazole rings is 1. The molecule has 218 valence electrons. The molecule has 0 aliphatic carbocycles. The Morgan fingerprint density at radius 3 is 2.65 bits per heavy atom. The van der Waals surface area contributed by atoms with E-state index in [9.17, 15) is 4.79 Å². The zero-order valence-electron chi connectivity index (χ0n) is 24.4. The van der Waals surface area contributed by atoms with Crippen molar-refractivity contribution in [2.75, 3.05) is 36.1 Å². The number of allylic oxidation sites excluding steroid dienone is 1. The minimum atomic E-state index is -0.0780. The summed E-state index contributed by atoms with van der Waals surface area (Å²) in [5, 5.41) is 3.40. The van der Waals surface area contributed by atoms with Crippen LogP contribution in [0.4, 0.5) is 17.3 Å². The maximum atomic E-state index is 13.1. The largest absolute Gasteiger partial charge is 0.455 e. The van der Waals surface area contributed by atoms with Gasteiger partial charge in [-0.3, -0.25) is 4.79 Å². The number of nitrogen functional groups attached to an aromatic ring is 1. The summed E-state index contributed by atoms with van der Waals surface area (Å²) in [6.07, 6.45) is 3.16. The summed E-state index contributed by atoms with van der Waals surface area (Å²) in [4.78, 5) is 22.1. The normalized spacial score (nSPS) is 13.0. The van der Waals surface area contributed by atoms with Gasteiger partial charge in [0.25, 0.3) is 5.91 Å². The van der Waals surface area contributed by atoms with Crippen molar-refractivity contribution < 1.29 is 9.21 Å². The number of amides is 1. The number of rotatable bonds is 10. The molecule has 0 bridgehead atoms. The van der Waals surface area contributed by atoms with Crippen molar-refractivity contribution in [3.05, 3.63) is 115 Å². The highest BCUT2D eigenvalue weighted by molar-refractivity contribution is 6.06. The number of nitrogens with two attached hydrogens (primary N) is 1. The molecule has 3 heterocycles. The number of furan rings is 1. The molecule has 0 atom stereocenters. The number of hydrogen-bond acceptors (Lipinski definition) is 6. The van der Waals surface area contributed by atoms with Crippen molar-refractivity contribution in [1.29, 1.82) is 0 Å². The molecular weight excluding hydrogens is 536 g/mol. The van der Waals surface area contributed by atoms with Gasteiger partial charge in [0.15, 0.2) is 0 Å². The van der Waals surface area contributed by atoms with E-state index in [1.807, 2.05) is 84.9 Å². The molecule has 5 aromatic rings. The predicted molar refractivity (Wildman–Crippen MR) is 175 cm³/mol. The van der Waals surface area contributed by atoms with Gasteiger partial charge in [0, 0.05) is 54.9 Å². The highest BCUT2D eigenvalue weighted by Crippen LogP contribution is 2.30. The second-order valence-electron chi connectivity index (χ2n) is 10.9. The minimum absolute atomic E-state index is 0.0780. The first-order valence-electron chi connectivity index (χ1n) is 14.6. The molecule has 1 saturated heterocycles. The molecule has 3 N–H and O–H groups in total. The van der Waals surface area contributed by atoms with E-state index in [4.69, 9.17) is 15.1 Å². The van der Waals surface area contributed by atoms with Crippen LogP contribution in [0, 0.1) is 0 Å². The fourth-order valence-electron chi connectivity index (χ4n) is 5.56. The van der Waals surface area contributed by atoms with Crippen molar-refractivity contribution in [3.63, 3.8) is 0 Å². The summed E-state index contributed by atoms with van der Waals surface area (Å²) in [5.41, 5.74) is 12.5. The molecule has 6 rings (SSSR count). The molecule has 1 aliphatic rings. The Balaban J connectivity index is 1.27. The lowest BCUT2D eigenvalue weighted by Gasteiger charge is -2.20. The lowest BCUT2D eigenvalue weighted by Crippen LogP contribution is -2.26. The maximum Gasteiger partial charge on any atom is 0.258 e. The zero-order valence-corrected chi connectivity index (χ0v) is 24.4. The van der Waals surface area contributed by atoms with Gasteiger partial charge < -0.3 is 29.8 Å². The van der Waals surface area contributed by atoms with E-state index >= 15 is 0 Å². The first kappa shape index (κ1) is 27.9. The molecule has 1 amide bonds. The number of nitrogens with zero attached hydrogens (tertiary/aromatic N) is 4. The van der Waals surface area contributed by atoms with Crippen molar-refractivity contribution >= 4 is 40.0 Å². The Morgan fingerprint density at radius 1 is 1.05 bits per heavy atom. The smallest absolute Gasteiger partial charge is 0.258 e. The molecule has 2 aromatic heterocycles. The monoisotopic (exact) mass is 572 g/mol.